The van der Waals surface area contributed by atoms with E-state index in [0.717, 1.165) is 27.8 Å². The van der Waals surface area contributed by atoms with Crippen molar-refractivity contribution in [3.63, 3.8) is 0 Å². The molecule has 1 aliphatic rings. The molecule has 3 aromatic rings. The van der Waals surface area contributed by atoms with Gasteiger partial charge in [0.25, 0.3) is 10.0 Å². The Balaban J connectivity index is 1.93. The van der Waals surface area contributed by atoms with Crippen LogP contribution in [0.4, 0.5) is 0 Å². The van der Waals surface area contributed by atoms with Crippen LogP contribution in [0.25, 0.3) is 11.1 Å². The lowest BCUT2D eigenvalue weighted by molar-refractivity contribution is -0.118. The minimum absolute atomic E-state index is 0.0319. The van der Waals surface area contributed by atoms with E-state index in [-0.39, 0.29) is 29.7 Å². The molecule has 1 aliphatic heterocycles. The third-order valence-electron chi connectivity index (χ3n) is 6.00. The van der Waals surface area contributed by atoms with Gasteiger partial charge < -0.3 is 9.47 Å². The number of rotatable bonds is 2. The lowest BCUT2D eigenvalue weighted by Crippen LogP contribution is -2.35. The summed E-state index contributed by atoms with van der Waals surface area (Å²) in [6, 6.07) is 7.72. The van der Waals surface area contributed by atoms with E-state index in [9.17, 15) is 13.2 Å². The van der Waals surface area contributed by atoms with Gasteiger partial charge in [-0.05, 0) is 55.0 Å². The molecule has 2 aromatic heterocycles. The van der Waals surface area contributed by atoms with E-state index in [2.05, 4.69) is 14.8 Å². The number of methoxy groups -OCH3 is 1. The van der Waals surface area contributed by atoms with Crippen molar-refractivity contribution in [1.82, 2.24) is 19.5 Å². The van der Waals surface area contributed by atoms with Crippen molar-refractivity contribution < 1.29 is 22.7 Å². The number of nitrogens with zero attached hydrogens (tertiary/aromatic N) is 3. The van der Waals surface area contributed by atoms with Gasteiger partial charge in [-0.25, -0.2) is 9.71 Å². The molecule has 0 aliphatic carbocycles. The third-order valence-corrected chi connectivity index (χ3v) is 7.29. The lowest BCUT2D eigenvalue weighted by atomic mass is 9.87. The molecule has 0 atom stereocenters. The standard InChI is InChI=1S/C25H30N4O5S/c1-15(2)18-9-16(3)10-19-17-7-8-26-23(11-17)34-14-25(4,5)29-13-21(33-6)24(27-29)35(31,32)28-22(30)12-20(18)19/h7-11,13,15H,12,14H2,1-6H3,(H,28,30). The highest BCUT2D eigenvalue weighted by atomic mass is 32.2. The zero-order chi connectivity index (χ0) is 25.5. The summed E-state index contributed by atoms with van der Waals surface area (Å²) in [6.07, 6.45) is 3.01. The maximum Gasteiger partial charge on any atom is 0.287 e. The van der Waals surface area contributed by atoms with Crippen LogP contribution in [-0.4, -0.2) is 42.8 Å². The molecule has 1 amide bonds. The van der Waals surface area contributed by atoms with Gasteiger partial charge in [0, 0.05) is 12.3 Å². The zero-order valence-corrected chi connectivity index (χ0v) is 21.6. The van der Waals surface area contributed by atoms with Crippen molar-refractivity contribution in [2.24, 2.45) is 0 Å². The smallest absolute Gasteiger partial charge is 0.287 e. The quantitative estimate of drug-likeness (QED) is 0.575. The number of nitrogens with one attached hydrogen (secondary N) is 1. The summed E-state index contributed by atoms with van der Waals surface area (Å²) in [5, 5.41) is 3.89. The fourth-order valence-electron chi connectivity index (χ4n) is 4.16. The molecule has 10 heteroatoms. The number of pyridine rings is 1. The first-order valence-corrected chi connectivity index (χ1v) is 12.8. The summed E-state index contributed by atoms with van der Waals surface area (Å²) in [5.74, 6) is -0.0949. The second kappa shape index (κ2) is 8.99. The van der Waals surface area contributed by atoms with Crippen LogP contribution in [-0.2, 0) is 26.8 Å². The topological polar surface area (TPSA) is 112 Å². The Morgan fingerprint density at radius 3 is 2.66 bits per heavy atom. The minimum atomic E-state index is -4.29. The molecule has 1 aromatic carbocycles. The summed E-state index contributed by atoms with van der Waals surface area (Å²) >= 11 is 0. The number of amides is 1. The SMILES string of the molecule is COc1cn2nc1S(=O)(=O)NC(=O)Cc1c(cc(C)cc1C(C)C)-c1ccnc(c1)OCC2(C)C. The van der Waals surface area contributed by atoms with Crippen LogP contribution < -0.4 is 14.2 Å². The number of carbonyl (C=O) groups is 1. The van der Waals surface area contributed by atoms with Crippen LogP contribution in [0.15, 0.2) is 41.7 Å². The van der Waals surface area contributed by atoms with Crippen LogP contribution in [0.3, 0.4) is 0 Å². The molecule has 9 nitrogen and oxygen atoms in total. The van der Waals surface area contributed by atoms with Crippen LogP contribution in [0.2, 0.25) is 0 Å². The van der Waals surface area contributed by atoms with Gasteiger partial charge in [-0.1, -0.05) is 31.5 Å². The molecule has 0 radical (unpaired) electrons. The summed E-state index contributed by atoms with van der Waals surface area (Å²) in [7, 11) is -2.94. The Bertz CT molecular complexity index is 1390. The Kier molecular flexibility index (Phi) is 6.35. The summed E-state index contributed by atoms with van der Waals surface area (Å²) < 4.78 is 41.3. The Labute approximate surface area is 205 Å². The van der Waals surface area contributed by atoms with Gasteiger partial charge in [-0.2, -0.15) is 13.5 Å². The Morgan fingerprint density at radius 1 is 1.23 bits per heavy atom. The summed E-state index contributed by atoms with van der Waals surface area (Å²) in [6.45, 7) is 9.95. The van der Waals surface area contributed by atoms with Crippen LogP contribution in [0, 0.1) is 6.92 Å². The molecule has 0 spiro atoms. The monoisotopic (exact) mass is 498 g/mol. The maximum atomic E-state index is 13.2. The first kappa shape index (κ1) is 24.7. The maximum absolute atomic E-state index is 13.2. The van der Waals surface area contributed by atoms with Crippen LogP contribution in [0.5, 0.6) is 11.6 Å². The zero-order valence-electron chi connectivity index (χ0n) is 20.7. The molecule has 3 heterocycles. The van der Waals surface area contributed by atoms with Gasteiger partial charge in [0.2, 0.25) is 16.8 Å². The predicted molar refractivity (Wildman–Crippen MR) is 131 cm³/mol. The molecule has 186 valence electrons. The number of carbonyl (C=O) groups excluding carboxylic acids is 1. The number of benzene rings is 1. The highest BCUT2D eigenvalue weighted by molar-refractivity contribution is 7.90. The van der Waals surface area contributed by atoms with Gasteiger partial charge >= 0.3 is 0 Å². The third kappa shape index (κ3) is 4.88. The largest absolute Gasteiger partial charge is 0.492 e. The molecule has 0 saturated carbocycles. The number of hydrogen-bond donors (Lipinski definition) is 1. The van der Waals surface area contributed by atoms with Crippen molar-refractivity contribution in [3.05, 3.63) is 53.3 Å². The minimum Gasteiger partial charge on any atom is -0.492 e. The van der Waals surface area contributed by atoms with Gasteiger partial charge in [-0.3, -0.25) is 9.48 Å². The highest BCUT2D eigenvalue weighted by Gasteiger charge is 2.32. The van der Waals surface area contributed by atoms with Gasteiger partial charge in [0.1, 0.15) is 6.61 Å². The first-order chi connectivity index (χ1) is 16.4. The molecule has 0 unspecified atom stereocenters. The fraction of sp³-hybridized carbons (Fsp3) is 0.400. The van der Waals surface area contributed by atoms with Crippen molar-refractivity contribution in [2.45, 2.75) is 57.5 Å². The second-order valence-electron chi connectivity index (χ2n) is 9.67. The van der Waals surface area contributed by atoms with Crippen molar-refractivity contribution in [3.8, 4) is 22.8 Å². The normalized spacial score (nSPS) is 16.9. The Hall–Kier alpha value is -3.40. The Morgan fingerprint density at radius 2 is 1.97 bits per heavy atom. The van der Waals surface area contributed by atoms with Crippen molar-refractivity contribution in [2.75, 3.05) is 13.7 Å². The van der Waals surface area contributed by atoms with E-state index in [1.807, 2.05) is 58.9 Å². The number of aryl methyl sites for hydroxylation is 1. The highest BCUT2D eigenvalue weighted by Crippen LogP contribution is 2.34. The van der Waals surface area contributed by atoms with Gasteiger partial charge in [-0.15, -0.1) is 0 Å². The fourth-order valence-corrected chi connectivity index (χ4v) is 5.23. The number of hydrogen-bond acceptors (Lipinski definition) is 7. The molecule has 1 N–H and O–H groups in total. The molecular formula is C25H30N4O5S. The first-order valence-electron chi connectivity index (χ1n) is 11.3. The van der Waals surface area contributed by atoms with Crippen molar-refractivity contribution >= 4 is 15.9 Å². The van der Waals surface area contributed by atoms with E-state index < -0.39 is 21.5 Å². The second-order valence-corrected chi connectivity index (χ2v) is 11.3. The van der Waals surface area contributed by atoms with Gasteiger partial charge in [0.15, 0.2) is 5.75 Å². The number of aromatic nitrogens is 3. The number of fused-ring (bicyclic) bond motifs is 6. The van der Waals surface area contributed by atoms with Crippen LogP contribution in [0.1, 0.15) is 50.3 Å². The number of sulfonamides is 1. The molecule has 4 bridgehead atoms. The van der Waals surface area contributed by atoms with Gasteiger partial charge in [0.05, 0.1) is 25.3 Å². The lowest BCUT2D eigenvalue weighted by Gasteiger charge is -2.25. The summed E-state index contributed by atoms with van der Waals surface area (Å²) in [4.78, 5) is 17.5. The van der Waals surface area contributed by atoms with E-state index in [1.54, 1.807) is 6.20 Å². The average Bonchev–Trinajstić information content (AvgIpc) is 3.24. The van der Waals surface area contributed by atoms with E-state index in [0.29, 0.717) is 5.88 Å². The number of ether oxygens (including phenoxy) is 2. The molecule has 35 heavy (non-hydrogen) atoms. The molecule has 4 rings (SSSR count). The summed E-state index contributed by atoms with van der Waals surface area (Å²) in [5.41, 5.74) is 3.68. The van der Waals surface area contributed by atoms with Crippen LogP contribution >= 0.6 is 0 Å². The van der Waals surface area contributed by atoms with Crippen molar-refractivity contribution in [1.29, 1.82) is 0 Å². The van der Waals surface area contributed by atoms with E-state index >= 15 is 0 Å². The van der Waals surface area contributed by atoms with E-state index in [1.165, 1.54) is 18.0 Å². The molecule has 0 fully saturated rings. The van der Waals surface area contributed by atoms with E-state index in [4.69, 9.17) is 9.47 Å². The average molecular weight is 499 g/mol. The predicted octanol–water partition coefficient (Wildman–Crippen LogP) is 3.56. The molecule has 0 saturated heterocycles. The molecular weight excluding hydrogens is 468 g/mol.